The van der Waals surface area contributed by atoms with E-state index in [0.717, 1.165) is 25.3 Å². The second-order valence-electron chi connectivity index (χ2n) is 5.06. The van der Waals surface area contributed by atoms with E-state index in [2.05, 4.69) is 22.8 Å². The van der Waals surface area contributed by atoms with Gasteiger partial charge in [-0.1, -0.05) is 29.8 Å². The minimum absolute atomic E-state index is 0.0690. The molecule has 3 nitrogen and oxygen atoms in total. The SMILES string of the molecule is O=C(Nc1ccccc1Cl)N1CCS[C@@H](c2cccs2)CC1. The molecule has 1 aromatic heterocycles. The van der Waals surface area contributed by atoms with Gasteiger partial charge in [-0.3, -0.25) is 0 Å². The lowest BCUT2D eigenvalue weighted by molar-refractivity contribution is 0.215. The monoisotopic (exact) mass is 352 g/mol. The molecule has 1 aliphatic heterocycles. The van der Waals surface area contributed by atoms with Crippen LogP contribution in [-0.4, -0.2) is 29.8 Å². The van der Waals surface area contributed by atoms with E-state index >= 15 is 0 Å². The molecule has 0 spiro atoms. The summed E-state index contributed by atoms with van der Waals surface area (Å²) in [4.78, 5) is 15.7. The highest BCUT2D eigenvalue weighted by molar-refractivity contribution is 7.99. The van der Waals surface area contributed by atoms with Crippen LogP contribution in [0.2, 0.25) is 5.02 Å². The molecule has 116 valence electrons. The van der Waals surface area contributed by atoms with Gasteiger partial charge in [-0.05, 0) is 30.0 Å². The summed E-state index contributed by atoms with van der Waals surface area (Å²) in [5, 5.41) is 6.08. The molecule has 0 radical (unpaired) electrons. The molecule has 0 aliphatic carbocycles. The number of benzene rings is 1. The molecule has 2 heterocycles. The fourth-order valence-corrected chi connectivity index (χ4v) is 4.85. The second-order valence-corrected chi connectivity index (χ2v) is 7.76. The van der Waals surface area contributed by atoms with E-state index in [9.17, 15) is 4.79 Å². The van der Waals surface area contributed by atoms with E-state index in [0.29, 0.717) is 16.0 Å². The largest absolute Gasteiger partial charge is 0.324 e. The Labute approximate surface area is 143 Å². The highest BCUT2D eigenvalue weighted by Crippen LogP contribution is 2.36. The first kappa shape index (κ1) is 15.7. The lowest BCUT2D eigenvalue weighted by atomic mass is 10.2. The Morgan fingerprint density at radius 1 is 1.23 bits per heavy atom. The van der Waals surface area contributed by atoms with Crippen molar-refractivity contribution in [3.05, 3.63) is 51.7 Å². The molecule has 0 unspecified atom stereocenters. The number of thiophene rings is 1. The third kappa shape index (κ3) is 3.77. The Bertz CT molecular complexity index is 633. The summed E-state index contributed by atoms with van der Waals surface area (Å²) >= 11 is 9.82. The Hall–Kier alpha value is -1.17. The van der Waals surface area contributed by atoms with Gasteiger partial charge in [0.25, 0.3) is 0 Å². The number of carbonyl (C=O) groups is 1. The van der Waals surface area contributed by atoms with Crippen molar-refractivity contribution in [2.75, 3.05) is 24.2 Å². The lowest BCUT2D eigenvalue weighted by Crippen LogP contribution is -2.36. The van der Waals surface area contributed by atoms with Gasteiger partial charge in [-0.25, -0.2) is 4.79 Å². The fourth-order valence-electron chi connectivity index (χ4n) is 2.43. The van der Waals surface area contributed by atoms with Gasteiger partial charge in [-0.15, -0.1) is 11.3 Å². The molecule has 22 heavy (non-hydrogen) atoms. The van der Waals surface area contributed by atoms with Crippen molar-refractivity contribution in [3.8, 4) is 0 Å². The number of carbonyl (C=O) groups excluding carboxylic acids is 1. The average Bonchev–Trinajstić information content (AvgIpc) is 2.94. The van der Waals surface area contributed by atoms with E-state index < -0.39 is 0 Å². The van der Waals surface area contributed by atoms with Crippen molar-refractivity contribution in [2.45, 2.75) is 11.7 Å². The van der Waals surface area contributed by atoms with Crippen LogP contribution in [0.25, 0.3) is 0 Å². The summed E-state index contributed by atoms with van der Waals surface area (Å²) in [6.45, 7) is 1.54. The zero-order chi connectivity index (χ0) is 15.4. The summed E-state index contributed by atoms with van der Waals surface area (Å²) < 4.78 is 0. The van der Waals surface area contributed by atoms with Gasteiger partial charge in [0.2, 0.25) is 0 Å². The molecule has 1 saturated heterocycles. The molecule has 6 heteroatoms. The van der Waals surface area contributed by atoms with Crippen LogP contribution >= 0.6 is 34.7 Å². The van der Waals surface area contributed by atoms with Crippen LogP contribution in [0.15, 0.2) is 41.8 Å². The maximum absolute atomic E-state index is 12.4. The minimum Gasteiger partial charge on any atom is -0.324 e. The highest BCUT2D eigenvalue weighted by Gasteiger charge is 2.22. The van der Waals surface area contributed by atoms with Gasteiger partial charge < -0.3 is 10.2 Å². The number of nitrogens with one attached hydrogen (secondary N) is 1. The number of hydrogen-bond donors (Lipinski definition) is 1. The predicted molar refractivity (Wildman–Crippen MR) is 96.2 cm³/mol. The van der Waals surface area contributed by atoms with E-state index in [1.165, 1.54) is 4.88 Å². The smallest absolute Gasteiger partial charge is 0.321 e. The lowest BCUT2D eigenvalue weighted by Gasteiger charge is -2.21. The number of nitrogens with zero attached hydrogens (tertiary/aromatic N) is 1. The van der Waals surface area contributed by atoms with Crippen molar-refractivity contribution in [1.82, 2.24) is 4.90 Å². The summed E-state index contributed by atoms with van der Waals surface area (Å²) in [6, 6.07) is 11.5. The van der Waals surface area contributed by atoms with E-state index in [1.54, 1.807) is 17.4 Å². The van der Waals surface area contributed by atoms with E-state index in [-0.39, 0.29) is 6.03 Å². The molecule has 1 atom stereocenters. The van der Waals surface area contributed by atoms with Gasteiger partial charge >= 0.3 is 6.03 Å². The molecule has 1 N–H and O–H groups in total. The topological polar surface area (TPSA) is 32.3 Å². The molecule has 0 saturated carbocycles. The van der Waals surface area contributed by atoms with Crippen LogP contribution in [0.5, 0.6) is 0 Å². The molecule has 2 amide bonds. The maximum Gasteiger partial charge on any atom is 0.321 e. The molecule has 3 rings (SSSR count). The summed E-state index contributed by atoms with van der Waals surface area (Å²) in [5.74, 6) is 0.957. The predicted octanol–water partition coefficient (Wildman–Crippen LogP) is 5.11. The Morgan fingerprint density at radius 2 is 2.09 bits per heavy atom. The first-order valence-corrected chi connectivity index (χ1v) is 9.50. The van der Waals surface area contributed by atoms with Crippen molar-refractivity contribution >= 4 is 46.4 Å². The van der Waals surface area contributed by atoms with Crippen LogP contribution in [0.1, 0.15) is 16.5 Å². The number of halogens is 1. The van der Waals surface area contributed by atoms with Gasteiger partial charge in [-0.2, -0.15) is 11.8 Å². The Kier molecular flexibility index (Phi) is 5.28. The first-order chi connectivity index (χ1) is 10.7. The second kappa shape index (κ2) is 7.40. The molecule has 1 aromatic carbocycles. The standard InChI is InChI=1S/C16H17ClN2OS2/c17-12-4-1-2-5-13(12)18-16(20)19-8-7-15(22-11-9-19)14-6-3-10-21-14/h1-6,10,15H,7-9,11H2,(H,18,20)/t15-/m1/s1. The number of rotatable bonds is 2. The van der Waals surface area contributed by atoms with Gasteiger partial charge in [0.1, 0.15) is 0 Å². The zero-order valence-corrected chi connectivity index (χ0v) is 14.4. The van der Waals surface area contributed by atoms with Crippen molar-refractivity contribution in [3.63, 3.8) is 0 Å². The van der Waals surface area contributed by atoms with Crippen LogP contribution in [0.4, 0.5) is 10.5 Å². The first-order valence-electron chi connectivity index (χ1n) is 7.19. The molecule has 2 aromatic rings. The van der Waals surface area contributed by atoms with Crippen LogP contribution < -0.4 is 5.32 Å². The number of thioether (sulfide) groups is 1. The Balaban J connectivity index is 1.61. The maximum atomic E-state index is 12.4. The quantitative estimate of drug-likeness (QED) is 0.814. The van der Waals surface area contributed by atoms with Crippen LogP contribution in [-0.2, 0) is 0 Å². The van der Waals surface area contributed by atoms with E-state index in [1.807, 2.05) is 34.9 Å². The molecular formula is C16H17ClN2OS2. The fraction of sp³-hybridized carbons (Fsp3) is 0.312. The van der Waals surface area contributed by atoms with Crippen LogP contribution in [0, 0.1) is 0 Å². The highest BCUT2D eigenvalue weighted by atomic mass is 35.5. The molecule has 1 aliphatic rings. The van der Waals surface area contributed by atoms with Crippen LogP contribution in [0.3, 0.4) is 0 Å². The third-order valence-corrected chi connectivity index (χ3v) is 6.38. The third-order valence-electron chi connectivity index (χ3n) is 3.60. The Morgan fingerprint density at radius 3 is 2.86 bits per heavy atom. The molecule has 1 fully saturated rings. The van der Waals surface area contributed by atoms with Gasteiger partial charge in [0.05, 0.1) is 10.7 Å². The van der Waals surface area contributed by atoms with Crippen molar-refractivity contribution < 1.29 is 4.79 Å². The van der Waals surface area contributed by atoms with Gasteiger partial charge in [0.15, 0.2) is 0 Å². The van der Waals surface area contributed by atoms with Gasteiger partial charge in [0, 0.05) is 29.0 Å². The average molecular weight is 353 g/mol. The molecular weight excluding hydrogens is 336 g/mol. The number of para-hydroxylation sites is 1. The van der Waals surface area contributed by atoms with Crippen molar-refractivity contribution in [1.29, 1.82) is 0 Å². The zero-order valence-electron chi connectivity index (χ0n) is 12.0. The number of urea groups is 1. The minimum atomic E-state index is -0.0690. The van der Waals surface area contributed by atoms with Crippen molar-refractivity contribution in [2.24, 2.45) is 0 Å². The number of anilines is 1. The summed E-state index contributed by atoms with van der Waals surface area (Å²) in [6.07, 6.45) is 0.987. The summed E-state index contributed by atoms with van der Waals surface area (Å²) in [7, 11) is 0. The number of amides is 2. The normalized spacial score (nSPS) is 18.8. The number of hydrogen-bond acceptors (Lipinski definition) is 3. The molecule has 0 bridgehead atoms. The summed E-state index contributed by atoms with van der Waals surface area (Å²) in [5.41, 5.74) is 0.667. The van der Waals surface area contributed by atoms with E-state index in [4.69, 9.17) is 11.6 Å².